The predicted octanol–water partition coefficient (Wildman–Crippen LogP) is 1.32. The Morgan fingerprint density at radius 2 is 2.26 bits per heavy atom. The van der Waals surface area contributed by atoms with Gasteiger partial charge in [-0.1, -0.05) is 0 Å². The summed E-state index contributed by atoms with van der Waals surface area (Å²) in [5, 5.41) is 17.6. The first-order valence-corrected chi connectivity index (χ1v) is 7.95. The van der Waals surface area contributed by atoms with E-state index in [2.05, 4.69) is 15.2 Å². The smallest absolute Gasteiger partial charge is 0.356 e. The quantitative estimate of drug-likeness (QED) is 0.737. The molecule has 3 aromatic rings. The number of nitrogens with zero attached hydrogens (tertiary/aromatic N) is 4. The molecule has 0 radical (unpaired) electrons. The molecular weight excluding hydrogens is 318 g/mol. The van der Waals surface area contributed by atoms with Gasteiger partial charge in [-0.2, -0.15) is 5.10 Å². The van der Waals surface area contributed by atoms with E-state index >= 15 is 0 Å². The number of hydrogen-bond acceptors (Lipinski definition) is 5. The molecule has 0 bridgehead atoms. The number of aryl methyl sites for hydroxylation is 1. The fourth-order valence-electron chi connectivity index (χ4n) is 2.97. The molecule has 0 saturated carbocycles. The topological polar surface area (TPSA) is 104 Å². The number of carboxylic acids is 1. The van der Waals surface area contributed by atoms with Crippen LogP contribution in [0.3, 0.4) is 0 Å². The van der Waals surface area contributed by atoms with E-state index in [4.69, 9.17) is 5.11 Å². The minimum absolute atomic E-state index is 0.0489. The molecule has 1 aliphatic rings. The van der Waals surface area contributed by atoms with E-state index in [0.29, 0.717) is 42.2 Å². The number of thiazole rings is 1. The van der Waals surface area contributed by atoms with Gasteiger partial charge < -0.3 is 10.0 Å². The van der Waals surface area contributed by atoms with Crippen molar-refractivity contribution in [3.63, 3.8) is 0 Å². The summed E-state index contributed by atoms with van der Waals surface area (Å²) in [6.45, 7) is 2.61. The third-order valence-corrected chi connectivity index (χ3v) is 4.82. The summed E-state index contributed by atoms with van der Waals surface area (Å²) in [5.41, 5.74) is 2.68. The normalized spacial score (nSPS) is 14.2. The SMILES string of the molecule is Cc1nc2sccn2c1C(=O)N1CCc2c(C(=O)O)n[nH]c2C1. The Morgan fingerprint density at radius 1 is 1.43 bits per heavy atom. The summed E-state index contributed by atoms with van der Waals surface area (Å²) in [6, 6.07) is 0. The van der Waals surface area contributed by atoms with Gasteiger partial charge in [-0.3, -0.25) is 14.3 Å². The van der Waals surface area contributed by atoms with Crippen LogP contribution in [0.4, 0.5) is 0 Å². The first-order chi connectivity index (χ1) is 11.1. The molecule has 1 aliphatic heterocycles. The van der Waals surface area contributed by atoms with Crippen LogP contribution in [-0.4, -0.2) is 48.0 Å². The standard InChI is InChI=1S/C14H13N5O3S/c1-7-11(19-4-5-23-14(19)15-7)12(20)18-3-2-8-9(6-18)16-17-10(8)13(21)22/h4-5H,2-3,6H2,1H3,(H,16,17)(H,21,22). The second kappa shape index (κ2) is 4.92. The van der Waals surface area contributed by atoms with Crippen molar-refractivity contribution < 1.29 is 14.7 Å². The first kappa shape index (κ1) is 13.9. The Labute approximate surface area is 134 Å². The van der Waals surface area contributed by atoms with Gasteiger partial charge >= 0.3 is 5.97 Å². The molecule has 4 heterocycles. The minimum atomic E-state index is -1.05. The summed E-state index contributed by atoms with van der Waals surface area (Å²) in [4.78, 5) is 30.9. The highest BCUT2D eigenvalue weighted by Crippen LogP contribution is 2.24. The van der Waals surface area contributed by atoms with Crippen LogP contribution in [0.25, 0.3) is 4.96 Å². The van der Waals surface area contributed by atoms with Crippen molar-refractivity contribution in [2.75, 3.05) is 6.54 Å². The minimum Gasteiger partial charge on any atom is -0.476 e. The average Bonchev–Trinajstić information content (AvgIpc) is 3.19. The summed E-state index contributed by atoms with van der Waals surface area (Å²) >= 11 is 1.48. The number of aromatic nitrogens is 4. The number of carbonyl (C=O) groups is 2. The second-order valence-electron chi connectivity index (χ2n) is 5.41. The predicted molar refractivity (Wildman–Crippen MR) is 81.8 cm³/mol. The largest absolute Gasteiger partial charge is 0.476 e. The van der Waals surface area contributed by atoms with Gasteiger partial charge in [-0.25, -0.2) is 9.78 Å². The Bertz CT molecular complexity index is 938. The third-order valence-electron chi connectivity index (χ3n) is 4.06. The molecule has 8 nitrogen and oxygen atoms in total. The van der Waals surface area contributed by atoms with Gasteiger partial charge in [0.2, 0.25) is 0 Å². The Morgan fingerprint density at radius 3 is 3.04 bits per heavy atom. The molecule has 2 N–H and O–H groups in total. The summed E-state index contributed by atoms with van der Waals surface area (Å²) in [5.74, 6) is -1.15. The van der Waals surface area contributed by atoms with Gasteiger partial charge in [0.15, 0.2) is 10.7 Å². The highest BCUT2D eigenvalue weighted by molar-refractivity contribution is 7.15. The number of hydrogen-bond donors (Lipinski definition) is 2. The number of nitrogens with one attached hydrogen (secondary N) is 1. The number of aromatic carboxylic acids is 1. The number of amides is 1. The summed E-state index contributed by atoms with van der Waals surface area (Å²) in [6.07, 6.45) is 2.31. The van der Waals surface area contributed by atoms with E-state index in [1.54, 1.807) is 9.30 Å². The number of carboxylic acid groups (broad SMARTS) is 1. The van der Waals surface area contributed by atoms with Gasteiger partial charge in [-0.05, 0) is 13.3 Å². The maximum absolute atomic E-state index is 12.9. The molecular formula is C14H13N5O3S. The van der Waals surface area contributed by atoms with Gasteiger partial charge in [0.25, 0.3) is 5.91 Å². The van der Waals surface area contributed by atoms with E-state index in [9.17, 15) is 9.59 Å². The number of H-pyrrole nitrogens is 1. The number of fused-ring (bicyclic) bond motifs is 2. The van der Waals surface area contributed by atoms with Crippen molar-refractivity contribution in [2.24, 2.45) is 0 Å². The fraction of sp³-hybridized carbons (Fsp3) is 0.286. The highest BCUT2D eigenvalue weighted by atomic mass is 32.1. The average molecular weight is 331 g/mol. The molecule has 9 heteroatoms. The van der Waals surface area contributed by atoms with E-state index in [-0.39, 0.29) is 11.6 Å². The van der Waals surface area contributed by atoms with Gasteiger partial charge in [0.05, 0.1) is 17.9 Å². The maximum Gasteiger partial charge on any atom is 0.356 e. The Kier molecular flexibility index (Phi) is 2.98. The molecule has 1 amide bonds. The van der Waals surface area contributed by atoms with E-state index < -0.39 is 5.97 Å². The summed E-state index contributed by atoms with van der Waals surface area (Å²) < 4.78 is 1.80. The number of carbonyl (C=O) groups excluding carboxylic acids is 1. The monoisotopic (exact) mass is 331 g/mol. The van der Waals surface area contributed by atoms with Gasteiger partial charge in [0, 0.05) is 23.7 Å². The molecule has 0 spiro atoms. The number of aromatic amines is 1. The van der Waals surface area contributed by atoms with E-state index in [1.807, 2.05) is 18.5 Å². The lowest BCUT2D eigenvalue weighted by Crippen LogP contribution is -2.37. The first-order valence-electron chi connectivity index (χ1n) is 7.07. The molecule has 0 saturated heterocycles. The lowest BCUT2D eigenvalue weighted by molar-refractivity contribution is 0.0689. The van der Waals surface area contributed by atoms with Gasteiger partial charge in [0.1, 0.15) is 5.69 Å². The highest BCUT2D eigenvalue weighted by Gasteiger charge is 2.30. The molecule has 0 atom stereocenters. The van der Waals surface area contributed by atoms with Crippen LogP contribution in [0.2, 0.25) is 0 Å². The summed E-state index contributed by atoms with van der Waals surface area (Å²) in [7, 11) is 0. The van der Waals surface area contributed by atoms with Crippen molar-refractivity contribution in [3.05, 3.63) is 39.9 Å². The molecule has 3 aromatic heterocycles. The number of imidazole rings is 1. The number of rotatable bonds is 2. The molecule has 0 fully saturated rings. The van der Waals surface area contributed by atoms with Crippen molar-refractivity contribution in [3.8, 4) is 0 Å². The maximum atomic E-state index is 12.9. The molecule has 118 valence electrons. The zero-order valence-corrected chi connectivity index (χ0v) is 13.1. The van der Waals surface area contributed by atoms with E-state index in [1.165, 1.54) is 11.3 Å². The molecule has 23 heavy (non-hydrogen) atoms. The lowest BCUT2D eigenvalue weighted by atomic mass is 10.0. The molecule has 0 unspecified atom stereocenters. The van der Waals surface area contributed by atoms with E-state index in [0.717, 1.165) is 4.96 Å². The van der Waals surface area contributed by atoms with Crippen LogP contribution < -0.4 is 0 Å². The Hall–Kier alpha value is -2.68. The van der Waals surface area contributed by atoms with Crippen LogP contribution in [0.5, 0.6) is 0 Å². The molecule has 0 aliphatic carbocycles. The van der Waals surface area contributed by atoms with Crippen molar-refractivity contribution in [1.29, 1.82) is 0 Å². The lowest BCUT2D eigenvalue weighted by Gasteiger charge is -2.26. The van der Waals surface area contributed by atoms with Crippen LogP contribution >= 0.6 is 11.3 Å². The molecule has 0 aromatic carbocycles. The van der Waals surface area contributed by atoms with Crippen LogP contribution in [0, 0.1) is 6.92 Å². The zero-order valence-electron chi connectivity index (χ0n) is 12.2. The van der Waals surface area contributed by atoms with Crippen molar-refractivity contribution in [2.45, 2.75) is 19.9 Å². The van der Waals surface area contributed by atoms with Crippen LogP contribution in [0.1, 0.15) is 37.9 Å². The second-order valence-corrected chi connectivity index (χ2v) is 6.29. The third kappa shape index (κ3) is 2.04. The van der Waals surface area contributed by atoms with Crippen LogP contribution in [-0.2, 0) is 13.0 Å². The zero-order chi connectivity index (χ0) is 16.1. The molecule has 4 rings (SSSR count). The fourth-order valence-corrected chi connectivity index (χ4v) is 3.73. The van der Waals surface area contributed by atoms with Gasteiger partial charge in [-0.15, -0.1) is 11.3 Å². The Balaban J connectivity index is 1.67. The van der Waals surface area contributed by atoms with Crippen LogP contribution in [0.15, 0.2) is 11.6 Å². The van der Waals surface area contributed by atoms with Crippen molar-refractivity contribution in [1.82, 2.24) is 24.5 Å². The van der Waals surface area contributed by atoms with Crippen molar-refractivity contribution >= 4 is 28.2 Å².